The minimum Gasteiger partial charge on any atom is -0.481 e. The molecule has 20 heavy (non-hydrogen) atoms. The Labute approximate surface area is 126 Å². The van der Waals surface area contributed by atoms with Crippen molar-refractivity contribution >= 4 is 12.0 Å². The number of hydrogen-bond acceptors (Lipinski definition) is 4. The fraction of sp³-hybridized carbons (Fsp3) is 0.455. The van der Waals surface area contributed by atoms with Gasteiger partial charge in [-0.05, 0) is 12.7 Å². The molecule has 0 aliphatic carbocycles. The maximum atomic E-state index is 13.3. The molecule has 0 aliphatic rings. The number of H-pyrrole nitrogens is 1. The summed E-state index contributed by atoms with van der Waals surface area (Å²) in [6.45, 7) is -3.92. The maximum Gasteiger partial charge on any atom is 0.336 e. The van der Waals surface area contributed by atoms with E-state index in [9.17, 15) is 23.6 Å². The molecule has 0 radical (unpaired) electrons. The van der Waals surface area contributed by atoms with E-state index < -0.39 is 61.1 Å². The molecule has 0 spiro atoms. The van der Waals surface area contributed by atoms with Crippen LogP contribution in [-0.4, -0.2) is 33.2 Å². The van der Waals surface area contributed by atoms with Gasteiger partial charge in [0.2, 0.25) is 5.82 Å². The van der Waals surface area contributed by atoms with Crippen molar-refractivity contribution in [1.82, 2.24) is 14.9 Å². The molecule has 0 fully saturated rings. The summed E-state index contributed by atoms with van der Waals surface area (Å²) in [5, 5.41) is 9.99. The molecule has 1 aromatic rings. The molecule has 0 saturated carbocycles. The molecule has 1 amide bonds. The first kappa shape index (κ1) is 6.33. The first-order valence-corrected chi connectivity index (χ1v) is 4.72. The quantitative estimate of drug-likeness (QED) is 0.675. The Morgan fingerprint density at radius 3 is 2.75 bits per heavy atom. The Morgan fingerprint density at radius 1 is 1.40 bits per heavy atom. The minimum absolute atomic E-state index is 0.0269. The predicted octanol–water partition coefficient (Wildman–Crippen LogP) is -0.122. The molecule has 9 heteroatoms. The van der Waals surface area contributed by atoms with Crippen LogP contribution < -0.4 is 16.6 Å². The van der Waals surface area contributed by atoms with Gasteiger partial charge in [0.25, 0.3) is 5.56 Å². The number of aromatic amines is 1. The standard InChI is InChI=1S/C11H14FN3O5/c12-7-6-15(11(20)14-9(7)18)10(19)13-5-3-1-2-4-8(16)17/h6H,1-5H2,(H,13,19)(H,16,17)(H,14,18,20)/i1D2,2D2,3D2,4D2,5D2. The van der Waals surface area contributed by atoms with Crippen molar-refractivity contribution < 1.29 is 32.8 Å². The molecule has 3 N–H and O–H groups in total. The van der Waals surface area contributed by atoms with E-state index in [-0.39, 0.29) is 10.8 Å². The van der Waals surface area contributed by atoms with Gasteiger partial charge in [-0.2, -0.15) is 4.39 Å². The highest BCUT2D eigenvalue weighted by atomic mass is 19.1. The third-order valence-electron chi connectivity index (χ3n) is 1.64. The number of nitrogens with one attached hydrogen (secondary N) is 2. The second kappa shape index (κ2) is 7.22. The lowest BCUT2D eigenvalue weighted by Crippen LogP contribution is -2.40. The molecule has 0 bridgehead atoms. The van der Waals surface area contributed by atoms with Crippen LogP contribution in [0, 0.1) is 5.82 Å². The van der Waals surface area contributed by atoms with Gasteiger partial charge in [0.05, 0.1) is 6.20 Å². The summed E-state index contributed by atoms with van der Waals surface area (Å²) < 4.78 is 88.4. The van der Waals surface area contributed by atoms with Crippen LogP contribution in [-0.2, 0) is 4.79 Å². The summed E-state index contributed by atoms with van der Waals surface area (Å²) in [5.74, 6) is -4.17. The second-order valence-electron chi connectivity index (χ2n) is 2.97. The fourth-order valence-electron chi connectivity index (χ4n) is 0.891. The number of carbonyl (C=O) groups excluding carboxylic acids is 1. The van der Waals surface area contributed by atoms with Crippen LogP contribution in [0.15, 0.2) is 15.8 Å². The zero-order chi connectivity index (χ0) is 24.1. The normalized spacial score (nSPS) is 21.2. The first-order chi connectivity index (χ1) is 13.1. The number of carboxylic acid groups (broad SMARTS) is 1. The van der Waals surface area contributed by atoms with Crippen molar-refractivity contribution in [2.75, 3.05) is 6.50 Å². The van der Waals surface area contributed by atoms with Gasteiger partial charge in [-0.15, -0.1) is 0 Å². The molecule has 0 atom stereocenters. The van der Waals surface area contributed by atoms with E-state index in [0.717, 1.165) is 0 Å². The number of halogens is 1. The summed E-state index contributed by atoms with van der Waals surface area (Å²) in [6, 6.07) is -1.90. The highest BCUT2D eigenvalue weighted by molar-refractivity contribution is 5.76. The zero-order valence-electron chi connectivity index (χ0n) is 19.5. The molecule has 0 aromatic carbocycles. The lowest BCUT2D eigenvalue weighted by molar-refractivity contribution is -0.137. The summed E-state index contributed by atoms with van der Waals surface area (Å²) >= 11 is 0. The molecule has 0 unspecified atom stereocenters. The summed E-state index contributed by atoms with van der Waals surface area (Å²) in [6.07, 6.45) is -16.6. The van der Waals surface area contributed by atoms with Crippen LogP contribution in [0.25, 0.3) is 0 Å². The number of carboxylic acids is 1. The zero-order valence-corrected chi connectivity index (χ0v) is 9.48. The van der Waals surface area contributed by atoms with Crippen LogP contribution >= 0.6 is 0 Å². The van der Waals surface area contributed by atoms with Gasteiger partial charge in [-0.1, -0.05) is 6.37 Å². The number of hydrogen-bond donors (Lipinski definition) is 3. The van der Waals surface area contributed by atoms with Crippen molar-refractivity contribution in [3.63, 3.8) is 0 Å². The number of carbonyl (C=O) groups is 2. The van der Waals surface area contributed by atoms with Crippen molar-refractivity contribution in [2.24, 2.45) is 0 Å². The molecule has 1 heterocycles. The fourth-order valence-corrected chi connectivity index (χ4v) is 0.891. The Morgan fingerprint density at radius 2 is 2.10 bits per heavy atom. The molecule has 110 valence electrons. The highest BCUT2D eigenvalue weighted by Crippen LogP contribution is 1.98. The average molecular weight is 297 g/mol. The topological polar surface area (TPSA) is 121 Å². The molecule has 1 rings (SSSR count). The molecule has 0 saturated heterocycles. The van der Waals surface area contributed by atoms with Crippen LogP contribution in [0.4, 0.5) is 9.18 Å². The van der Waals surface area contributed by atoms with Gasteiger partial charge in [0, 0.05) is 26.6 Å². The van der Waals surface area contributed by atoms with Gasteiger partial charge < -0.3 is 10.4 Å². The summed E-state index contributed by atoms with van der Waals surface area (Å²) in [5.41, 5.74) is -3.10. The Hall–Kier alpha value is -2.45. The van der Waals surface area contributed by atoms with Crippen molar-refractivity contribution in [1.29, 1.82) is 0 Å². The predicted molar refractivity (Wildman–Crippen MR) is 66.2 cm³/mol. The van der Waals surface area contributed by atoms with Gasteiger partial charge in [0.15, 0.2) is 0 Å². The highest BCUT2D eigenvalue weighted by Gasteiger charge is 2.10. The average Bonchev–Trinajstić information content (AvgIpc) is 2.56. The Kier molecular flexibility index (Phi) is 2.28. The van der Waals surface area contributed by atoms with Crippen molar-refractivity contribution in [3.05, 3.63) is 32.9 Å². The van der Waals surface area contributed by atoms with Crippen LogP contribution in [0.3, 0.4) is 0 Å². The van der Waals surface area contributed by atoms with E-state index in [4.69, 9.17) is 18.8 Å². The van der Waals surface area contributed by atoms with E-state index >= 15 is 0 Å². The van der Waals surface area contributed by atoms with Crippen molar-refractivity contribution in [3.8, 4) is 0 Å². The van der Waals surface area contributed by atoms with Crippen molar-refractivity contribution in [2.45, 2.75) is 25.5 Å². The van der Waals surface area contributed by atoms with E-state index in [1.807, 2.05) is 0 Å². The number of aliphatic carboxylic acids is 1. The monoisotopic (exact) mass is 297 g/mol. The smallest absolute Gasteiger partial charge is 0.336 e. The number of rotatable bonds is 6. The number of aromatic nitrogens is 2. The lowest BCUT2D eigenvalue weighted by atomic mass is 10.2. The first-order valence-electron chi connectivity index (χ1n) is 9.72. The van der Waals surface area contributed by atoms with Gasteiger partial charge in [-0.25, -0.2) is 14.2 Å². The molecule has 1 aromatic heterocycles. The molecule has 8 nitrogen and oxygen atoms in total. The van der Waals surface area contributed by atoms with E-state index in [2.05, 4.69) is 0 Å². The Bertz CT molecular complexity index is 989. The van der Waals surface area contributed by atoms with Crippen LogP contribution in [0.2, 0.25) is 0 Å². The number of amides is 1. The second-order valence-corrected chi connectivity index (χ2v) is 2.97. The Balaban J connectivity index is 3.44. The van der Waals surface area contributed by atoms with Crippen LogP contribution in [0.1, 0.15) is 39.2 Å². The number of nitrogens with zero attached hydrogens (tertiary/aromatic N) is 1. The van der Waals surface area contributed by atoms with E-state index in [0.29, 0.717) is 0 Å². The summed E-state index contributed by atoms with van der Waals surface area (Å²) in [4.78, 5) is 46.9. The lowest BCUT2D eigenvalue weighted by Gasteiger charge is -2.06. The molecule has 0 aliphatic heterocycles. The van der Waals surface area contributed by atoms with Crippen LogP contribution in [0.5, 0.6) is 0 Å². The summed E-state index contributed by atoms with van der Waals surface area (Å²) in [7, 11) is 0. The third kappa shape index (κ3) is 4.67. The molecular weight excluding hydrogens is 273 g/mol. The SMILES string of the molecule is [2H]C([2H])(NC(=O)n1cc(F)c(=O)[nH]c1=O)C([2H])([2H])C([2H])([2H])C([2H])([2H])C([2H])([2H])C(=O)O. The minimum atomic E-state index is -4.24. The molecular formula is C11H14FN3O5. The van der Waals surface area contributed by atoms with E-state index in [1.165, 1.54) is 10.3 Å². The van der Waals surface area contributed by atoms with Gasteiger partial charge in [0.1, 0.15) is 0 Å². The van der Waals surface area contributed by atoms with Gasteiger partial charge >= 0.3 is 17.7 Å². The largest absolute Gasteiger partial charge is 0.481 e. The van der Waals surface area contributed by atoms with Gasteiger partial charge in [-0.3, -0.25) is 14.6 Å². The van der Waals surface area contributed by atoms with E-state index in [1.54, 1.807) is 0 Å². The maximum absolute atomic E-state index is 13.3. The third-order valence-corrected chi connectivity index (χ3v) is 1.64.